The van der Waals surface area contributed by atoms with Gasteiger partial charge in [-0.15, -0.1) is 0 Å². The second-order valence-corrected chi connectivity index (χ2v) is 4.47. The maximum atomic E-state index is 10.1. The summed E-state index contributed by atoms with van der Waals surface area (Å²) in [7, 11) is 1.75. The number of hydrogen-bond acceptors (Lipinski definition) is 4. The van der Waals surface area contributed by atoms with Crippen LogP contribution in [0.4, 0.5) is 5.69 Å². The number of anilines is 1. The van der Waals surface area contributed by atoms with E-state index >= 15 is 0 Å². The lowest BCUT2D eigenvalue weighted by molar-refractivity contribution is 0.0282. The van der Waals surface area contributed by atoms with E-state index in [9.17, 15) is 5.11 Å². The molecule has 0 spiro atoms. The molecule has 0 aromatic heterocycles. The summed E-state index contributed by atoms with van der Waals surface area (Å²) in [6.45, 7) is 5.19. The van der Waals surface area contributed by atoms with Crippen molar-refractivity contribution in [3.63, 3.8) is 0 Å². The van der Waals surface area contributed by atoms with Crippen molar-refractivity contribution in [1.29, 1.82) is 0 Å². The summed E-state index contributed by atoms with van der Waals surface area (Å²) in [4.78, 5) is 2.29. The zero-order valence-electron chi connectivity index (χ0n) is 10.4. The molecule has 2 N–H and O–H groups in total. The zero-order chi connectivity index (χ0) is 12.3. The summed E-state index contributed by atoms with van der Waals surface area (Å²) in [5, 5.41) is 12.9. The molecule has 4 nitrogen and oxygen atoms in total. The highest BCUT2D eigenvalue weighted by molar-refractivity contribution is 5.48. The second-order valence-electron chi connectivity index (χ2n) is 4.47. The fraction of sp³-hybridized carbons (Fsp3) is 0.538. The quantitative estimate of drug-likeness (QED) is 0.766. The minimum absolute atomic E-state index is 0.788. The van der Waals surface area contributed by atoms with Crippen LogP contribution in [0.25, 0.3) is 0 Å². The molecule has 1 aliphatic heterocycles. The highest BCUT2D eigenvalue weighted by atomic mass is 16.5. The van der Waals surface area contributed by atoms with Crippen molar-refractivity contribution in [3.8, 4) is 0 Å². The van der Waals surface area contributed by atoms with Crippen molar-refractivity contribution in [3.05, 3.63) is 29.8 Å². The minimum Gasteiger partial charge on any atom is -0.378 e. The third kappa shape index (κ3) is 2.77. The second kappa shape index (κ2) is 5.04. The fourth-order valence-electron chi connectivity index (χ4n) is 1.96. The highest BCUT2D eigenvalue weighted by Crippen LogP contribution is 2.22. The van der Waals surface area contributed by atoms with E-state index in [2.05, 4.69) is 10.2 Å². The Hall–Kier alpha value is -1.10. The van der Waals surface area contributed by atoms with Gasteiger partial charge in [0, 0.05) is 18.8 Å². The van der Waals surface area contributed by atoms with Crippen LogP contribution in [0.3, 0.4) is 0 Å². The van der Waals surface area contributed by atoms with Crippen LogP contribution in [0.1, 0.15) is 12.5 Å². The Balaban J connectivity index is 2.12. The predicted molar refractivity (Wildman–Crippen MR) is 68.1 cm³/mol. The standard InChI is InChI=1S/C13H20N2O2/c1-13(16,14-2)11-3-5-12(6-4-11)15-7-9-17-10-8-15/h3-6,14,16H,7-10H2,1-2H3. The largest absolute Gasteiger partial charge is 0.378 e. The Kier molecular flexibility index (Phi) is 3.66. The molecule has 1 aromatic carbocycles. The van der Waals surface area contributed by atoms with Gasteiger partial charge < -0.3 is 14.7 Å². The average Bonchev–Trinajstić information content (AvgIpc) is 2.40. The Morgan fingerprint density at radius 1 is 1.24 bits per heavy atom. The minimum atomic E-state index is -0.969. The van der Waals surface area contributed by atoms with Gasteiger partial charge in [-0.3, -0.25) is 5.32 Å². The van der Waals surface area contributed by atoms with E-state index in [4.69, 9.17) is 4.74 Å². The Labute approximate surface area is 102 Å². The Morgan fingerprint density at radius 2 is 1.82 bits per heavy atom. The maximum absolute atomic E-state index is 10.1. The van der Waals surface area contributed by atoms with Crippen LogP contribution in [-0.2, 0) is 10.5 Å². The molecule has 1 aromatic rings. The number of hydrogen-bond donors (Lipinski definition) is 2. The van der Waals surface area contributed by atoms with Crippen LogP contribution in [0.2, 0.25) is 0 Å². The SMILES string of the molecule is CNC(C)(O)c1ccc(N2CCOCC2)cc1. The highest BCUT2D eigenvalue weighted by Gasteiger charge is 2.20. The van der Waals surface area contributed by atoms with Crippen molar-refractivity contribution in [2.75, 3.05) is 38.3 Å². The molecule has 94 valence electrons. The van der Waals surface area contributed by atoms with Crippen LogP contribution < -0.4 is 10.2 Å². The van der Waals surface area contributed by atoms with E-state index in [1.54, 1.807) is 14.0 Å². The predicted octanol–water partition coefficient (Wildman–Crippen LogP) is 0.908. The Bertz CT molecular complexity index is 356. The summed E-state index contributed by atoms with van der Waals surface area (Å²) < 4.78 is 5.32. The molecule has 0 amide bonds. The first-order valence-electron chi connectivity index (χ1n) is 5.98. The lowest BCUT2D eigenvalue weighted by atomic mass is 10.0. The van der Waals surface area contributed by atoms with Crippen molar-refractivity contribution in [2.45, 2.75) is 12.6 Å². The van der Waals surface area contributed by atoms with Crippen LogP contribution in [-0.4, -0.2) is 38.5 Å². The third-order valence-corrected chi connectivity index (χ3v) is 3.29. The fourth-order valence-corrected chi connectivity index (χ4v) is 1.96. The summed E-state index contributed by atoms with van der Waals surface area (Å²) in [6, 6.07) is 8.02. The molecule has 1 saturated heterocycles. The van der Waals surface area contributed by atoms with Crippen molar-refractivity contribution < 1.29 is 9.84 Å². The van der Waals surface area contributed by atoms with Gasteiger partial charge in [-0.05, 0) is 31.7 Å². The first-order valence-corrected chi connectivity index (χ1v) is 5.98. The van der Waals surface area contributed by atoms with E-state index in [1.807, 2.05) is 24.3 Å². The monoisotopic (exact) mass is 236 g/mol. The van der Waals surface area contributed by atoms with E-state index in [-0.39, 0.29) is 0 Å². The van der Waals surface area contributed by atoms with Crippen LogP contribution in [0.15, 0.2) is 24.3 Å². The van der Waals surface area contributed by atoms with Crippen LogP contribution in [0, 0.1) is 0 Å². The van der Waals surface area contributed by atoms with Gasteiger partial charge in [0.2, 0.25) is 0 Å². The number of nitrogens with one attached hydrogen (secondary N) is 1. The van der Waals surface area contributed by atoms with Crippen molar-refractivity contribution in [1.82, 2.24) is 5.32 Å². The Morgan fingerprint density at radius 3 is 2.35 bits per heavy atom. The van der Waals surface area contributed by atoms with Gasteiger partial charge in [0.15, 0.2) is 0 Å². The maximum Gasteiger partial charge on any atom is 0.139 e. The normalized spacial score (nSPS) is 20.1. The molecule has 4 heteroatoms. The molecule has 2 rings (SSSR count). The number of aliphatic hydroxyl groups is 1. The number of ether oxygens (including phenoxy) is 1. The van der Waals surface area contributed by atoms with E-state index in [0.29, 0.717) is 0 Å². The molecule has 0 aliphatic carbocycles. The number of nitrogens with zero attached hydrogens (tertiary/aromatic N) is 1. The first-order chi connectivity index (χ1) is 8.13. The molecular weight excluding hydrogens is 216 g/mol. The van der Waals surface area contributed by atoms with E-state index < -0.39 is 5.72 Å². The molecule has 1 heterocycles. The lowest BCUT2D eigenvalue weighted by Gasteiger charge is -2.30. The van der Waals surface area contributed by atoms with Gasteiger partial charge in [-0.25, -0.2) is 0 Å². The van der Waals surface area contributed by atoms with Gasteiger partial charge in [-0.1, -0.05) is 12.1 Å². The van der Waals surface area contributed by atoms with Gasteiger partial charge in [-0.2, -0.15) is 0 Å². The molecule has 1 unspecified atom stereocenters. The lowest BCUT2D eigenvalue weighted by Crippen LogP contribution is -2.37. The van der Waals surface area contributed by atoms with Gasteiger partial charge in [0.25, 0.3) is 0 Å². The summed E-state index contributed by atoms with van der Waals surface area (Å²) in [5.41, 5.74) is 1.09. The average molecular weight is 236 g/mol. The smallest absolute Gasteiger partial charge is 0.139 e. The topological polar surface area (TPSA) is 44.7 Å². The van der Waals surface area contributed by atoms with Crippen molar-refractivity contribution in [2.24, 2.45) is 0 Å². The molecule has 0 radical (unpaired) electrons. The molecule has 0 bridgehead atoms. The summed E-state index contributed by atoms with van der Waals surface area (Å²) in [5.74, 6) is 0. The molecule has 1 aliphatic rings. The zero-order valence-corrected chi connectivity index (χ0v) is 10.4. The molecular formula is C13H20N2O2. The van der Waals surface area contributed by atoms with Gasteiger partial charge in [0.1, 0.15) is 5.72 Å². The van der Waals surface area contributed by atoms with Gasteiger partial charge in [0.05, 0.1) is 13.2 Å². The van der Waals surface area contributed by atoms with Gasteiger partial charge >= 0.3 is 0 Å². The molecule has 0 saturated carbocycles. The van der Waals surface area contributed by atoms with Crippen LogP contribution >= 0.6 is 0 Å². The molecule has 1 atom stereocenters. The molecule has 17 heavy (non-hydrogen) atoms. The molecule has 1 fully saturated rings. The van der Waals surface area contributed by atoms with E-state index in [1.165, 1.54) is 5.69 Å². The van der Waals surface area contributed by atoms with Crippen LogP contribution in [0.5, 0.6) is 0 Å². The first kappa shape index (κ1) is 12.4. The number of morpholine rings is 1. The number of benzene rings is 1. The number of rotatable bonds is 3. The summed E-state index contributed by atoms with van der Waals surface area (Å²) >= 11 is 0. The van der Waals surface area contributed by atoms with Crippen molar-refractivity contribution >= 4 is 5.69 Å². The third-order valence-electron chi connectivity index (χ3n) is 3.29. The van der Waals surface area contributed by atoms with E-state index in [0.717, 1.165) is 31.9 Å². The summed E-state index contributed by atoms with van der Waals surface area (Å²) in [6.07, 6.45) is 0.